The number of benzene rings is 1. The van der Waals surface area contributed by atoms with Crippen molar-refractivity contribution in [2.75, 3.05) is 18.4 Å². The maximum absolute atomic E-state index is 12.7. The molecule has 0 radical (unpaired) electrons. The highest BCUT2D eigenvalue weighted by atomic mass is 32.2. The summed E-state index contributed by atoms with van der Waals surface area (Å²) in [5.41, 5.74) is 1.20. The molecule has 0 spiro atoms. The fourth-order valence-corrected chi connectivity index (χ4v) is 5.37. The molecule has 29 heavy (non-hydrogen) atoms. The molecular formula is C20H25N3O4S2. The number of likely N-dealkylation sites (tertiary alicyclic amines) is 1. The monoisotopic (exact) mass is 435 g/mol. The average Bonchev–Trinajstić information content (AvgIpc) is 3.24. The van der Waals surface area contributed by atoms with Gasteiger partial charge in [-0.05, 0) is 48.6 Å². The van der Waals surface area contributed by atoms with Gasteiger partial charge in [0.15, 0.2) is 0 Å². The maximum Gasteiger partial charge on any atom is 0.253 e. The predicted octanol–water partition coefficient (Wildman–Crippen LogP) is 2.93. The molecule has 2 heterocycles. The first-order valence-electron chi connectivity index (χ1n) is 9.52. The summed E-state index contributed by atoms with van der Waals surface area (Å²) in [7, 11) is -3.50. The van der Waals surface area contributed by atoms with Crippen LogP contribution in [0.2, 0.25) is 0 Å². The van der Waals surface area contributed by atoms with Crippen molar-refractivity contribution in [2.45, 2.75) is 36.9 Å². The number of hydrogen-bond acceptors (Lipinski definition) is 5. The van der Waals surface area contributed by atoms with Gasteiger partial charge in [0, 0.05) is 36.3 Å². The highest BCUT2D eigenvalue weighted by Crippen LogP contribution is 2.20. The van der Waals surface area contributed by atoms with Crippen molar-refractivity contribution >= 4 is 38.9 Å². The smallest absolute Gasteiger partial charge is 0.253 e. The lowest BCUT2D eigenvalue weighted by atomic mass is 10.0. The number of amides is 2. The van der Waals surface area contributed by atoms with E-state index >= 15 is 0 Å². The lowest BCUT2D eigenvalue weighted by Gasteiger charge is -2.32. The van der Waals surface area contributed by atoms with E-state index in [0.717, 1.165) is 0 Å². The quantitative estimate of drug-likeness (QED) is 0.729. The predicted molar refractivity (Wildman–Crippen MR) is 113 cm³/mol. The van der Waals surface area contributed by atoms with Crippen LogP contribution in [0.3, 0.4) is 0 Å². The van der Waals surface area contributed by atoms with Crippen molar-refractivity contribution in [1.29, 1.82) is 0 Å². The molecule has 156 valence electrons. The van der Waals surface area contributed by atoms with Crippen molar-refractivity contribution < 1.29 is 18.0 Å². The summed E-state index contributed by atoms with van der Waals surface area (Å²) in [4.78, 5) is 26.2. The average molecular weight is 436 g/mol. The van der Waals surface area contributed by atoms with Gasteiger partial charge in [0.2, 0.25) is 15.9 Å². The number of hydrogen-bond donors (Lipinski definition) is 2. The zero-order chi connectivity index (χ0) is 21.0. The second kappa shape index (κ2) is 9.06. The summed E-state index contributed by atoms with van der Waals surface area (Å²) in [5, 5.41) is 4.53. The lowest BCUT2D eigenvalue weighted by molar-refractivity contribution is -0.118. The van der Waals surface area contributed by atoms with Crippen molar-refractivity contribution in [3.63, 3.8) is 0 Å². The minimum absolute atomic E-state index is 0.0730. The van der Waals surface area contributed by atoms with Crippen LogP contribution in [-0.2, 0) is 14.8 Å². The number of thiophene rings is 1. The van der Waals surface area contributed by atoms with Gasteiger partial charge in [-0.1, -0.05) is 19.9 Å². The lowest BCUT2D eigenvalue weighted by Crippen LogP contribution is -2.46. The third-order valence-electron chi connectivity index (χ3n) is 4.79. The minimum atomic E-state index is -3.50. The third-order valence-corrected chi connectivity index (χ3v) is 7.71. The van der Waals surface area contributed by atoms with E-state index in [9.17, 15) is 18.0 Å². The van der Waals surface area contributed by atoms with Crippen LogP contribution in [0.15, 0.2) is 46.0 Å². The van der Waals surface area contributed by atoms with Gasteiger partial charge in [-0.25, -0.2) is 13.1 Å². The highest BCUT2D eigenvalue weighted by Gasteiger charge is 2.27. The summed E-state index contributed by atoms with van der Waals surface area (Å²) < 4.78 is 27.7. The Hall–Kier alpha value is -2.23. The summed E-state index contributed by atoms with van der Waals surface area (Å²) in [6, 6.07) is 9.94. The molecule has 9 heteroatoms. The Bertz CT molecular complexity index is 946. The number of rotatable bonds is 6. The number of anilines is 1. The van der Waals surface area contributed by atoms with Gasteiger partial charge in [-0.3, -0.25) is 9.59 Å². The Balaban J connectivity index is 1.54. The first-order chi connectivity index (χ1) is 13.8. The number of carbonyl (C=O) groups is 2. The zero-order valence-electron chi connectivity index (χ0n) is 16.4. The van der Waals surface area contributed by atoms with E-state index in [1.807, 2.05) is 13.8 Å². The van der Waals surface area contributed by atoms with Crippen molar-refractivity contribution in [3.8, 4) is 0 Å². The molecule has 0 aliphatic carbocycles. The van der Waals surface area contributed by atoms with Crippen LogP contribution in [0.25, 0.3) is 0 Å². The van der Waals surface area contributed by atoms with Gasteiger partial charge in [0.05, 0.1) is 0 Å². The Labute approximate surface area is 175 Å². The largest absolute Gasteiger partial charge is 0.339 e. The van der Waals surface area contributed by atoms with E-state index < -0.39 is 10.0 Å². The molecule has 1 aromatic carbocycles. The summed E-state index contributed by atoms with van der Waals surface area (Å²) in [5.74, 6) is -0.280. The molecule has 2 aromatic rings. The van der Waals surface area contributed by atoms with E-state index in [4.69, 9.17) is 0 Å². The molecule has 2 N–H and O–H groups in total. The molecule has 1 saturated heterocycles. The number of nitrogens with zero attached hydrogens (tertiary/aromatic N) is 1. The van der Waals surface area contributed by atoms with E-state index in [0.29, 0.717) is 41.4 Å². The van der Waals surface area contributed by atoms with Crippen molar-refractivity contribution in [1.82, 2.24) is 9.62 Å². The zero-order valence-corrected chi connectivity index (χ0v) is 18.1. The van der Waals surface area contributed by atoms with Gasteiger partial charge >= 0.3 is 0 Å². The molecule has 1 aromatic heterocycles. The molecule has 0 bridgehead atoms. The first-order valence-corrected chi connectivity index (χ1v) is 11.9. The van der Waals surface area contributed by atoms with Gasteiger partial charge in [0.1, 0.15) is 4.21 Å². The minimum Gasteiger partial charge on any atom is -0.339 e. The molecule has 0 atom stereocenters. The third kappa shape index (κ3) is 5.43. The molecule has 1 aliphatic heterocycles. The Morgan fingerprint density at radius 1 is 1.10 bits per heavy atom. The molecule has 1 fully saturated rings. The summed E-state index contributed by atoms with van der Waals surface area (Å²) in [6.07, 6.45) is 1.14. The van der Waals surface area contributed by atoms with E-state index in [2.05, 4.69) is 10.0 Å². The normalized spacial score (nSPS) is 15.5. The number of sulfonamides is 1. The van der Waals surface area contributed by atoms with Gasteiger partial charge < -0.3 is 10.2 Å². The summed E-state index contributed by atoms with van der Waals surface area (Å²) >= 11 is 1.19. The van der Waals surface area contributed by atoms with Crippen LogP contribution in [-0.4, -0.2) is 44.3 Å². The van der Waals surface area contributed by atoms with E-state index in [-0.39, 0.29) is 23.8 Å². The van der Waals surface area contributed by atoms with Crippen LogP contribution in [0.5, 0.6) is 0 Å². The van der Waals surface area contributed by atoms with Gasteiger partial charge in [0.25, 0.3) is 5.91 Å². The van der Waals surface area contributed by atoms with Crippen LogP contribution in [0, 0.1) is 5.92 Å². The second-order valence-corrected chi connectivity index (χ2v) is 10.2. The molecule has 0 saturated carbocycles. The first kappa shape index (κ1) is 21.5. The molecule has 2 amide bonds. The molecule has 7 nitrogen and oxygen atoms in total. The maximum atomic E-state index is 12.7. The Morgan fingerprint density at radius 3 is 2.31 bits per heavy atom. The van der Waals surface area contributed by atoms with Crippen molar-refractivity contribution in [2.24, 2.45) is 5.92 Å². The topological polar surface area (TPSA) is 95.6 Å². The second-order valence-electron chi connectivity index (χ2n) is 7.34. The standard InChI is InChI=1S/C20H25N3O4S2/c1-14(2)19(24)21-16-7-5-15(6-8-16)20(25)23-11-9-17(10-12-23)22-29(26,27)18-4-3-13-28-18/h3-8,13-14,17,22H,9-12H2,1-2H3,(H,21,24). The van der Waals surface area contributed by atoms with E-state index in [1.165, 1.54) is 11.3 Å². The van der Waals surface area contributed by atoms with E-state index in [1.54, 1.807) is 46.7 Å². The van der Waals surface area contributed by atoms with Crippen molar-refractivity contribution in [3.05, 3.63) is 47.3 Å². The van der Waals surface area contributed by atoms with Crippen LogP contribution >= 0.6 is 11.3 Å². The van der Waals surface area contributed by atoms with Gasteiger partial charge in [-0.2, -0.15) is 0 Å². The number of nitrogens with one attached hydrogen (secondary N) is 2. The van der Waals surface area contributed by atoms with Gasteiger partial charge in [-0.15, -0.1) is 11.3 Å². The highest BCUT2D eigenvalue weighted by molar-refractivity contribution is 7.91. The molecule has 0 unspecified atom stereocenters. The number of piperidine rings is 1. The Kier molecular flexibility index (Phi) is 6.71. The van der Waals surface area contributed by atoms with Crippen LogP contribution in [0.4, 0.5) is 5.69 Å². The fraction of sp³-hybridized carbons (Fsp3) is 0.400. The SMILES string of the molecule is CC(C)C(=O)Nc1ccc(C(=O)N2CCC(NS(=O)(=O)c3cccs3)CC2)cc1. The summed E-state index contributed by atoms with van der Waals surface area (Å²) in [6.45, 7) is 4.61. The Morgan fingerprint density at radius 2 is 1.76 bits per heavy atom. The van der Waals surface area contributed by atoms with Crippen LogP contribution in [0.1, 0.15) is 37.0 Å². The van der Waals surface area contributed by atoms with Crippen LogP contribution < -0.4 is 10.0 Å². The molecule has 3 rings (SSSR count). The molecule has 1 aliphatic rings. The number of carbonyl (C=O) groups excluding carboxylic acids is 2. The molecular weight excluding hydrogens is 410 g/mol. The fourth-order valence-electron chi connectivity index (χ4n) is 3.06.